The Balaban J connectivity index is 2.37. The fourth-order valence-electron chi connectivity index (χ4n) is 1.60. The van der Waals surface area contributed by atoms with Crippen LogP contribution in [0.4, 0.5) is 0 Å². The standard InChI is InChI=1S/C10H17Br/c1-5-7(2)6-8-9(11)10(8,3)4/h5,7-9H,1,6H2,2-4H3. The van der Waals surface area contributed by atoms with Crippen molar-refractivity contribution < 1.29 is 0 Å². The third kappa shape index (κ3) is 1.69. The van der Waals surface area contributed by atoms with Crippen molar-refractivity contribution in [1.29, 1.82) is 0 Å². The lowest BCUT2D eigenvalue weighted by molar-refractivity contribution is 0.486. The summed E-state index contributed by atoms with van der Waals surface area (Å²) in [7, 11) is 0. The van der Waals surface area contributed by atoms with Crippen LogP contribution in [0.2, 0.25) is 0 Å². The van der Waals surface area contributed by atoms with Crippen molar-refractivity contribution in [3.63, 3.8) is 0 Å². The Hall–Kier alpha value is 0.220. The number of allylic oxidation sites excluding steroid dienone is 1. The zero-order valence-electron chi connectivity index (χ0n) is 7.60. The lowest BCUT2D eigenvalue weighted by Crippen LogP contribution is -1.95. The van der Waals surface area contributed by atoms with E-state index in [4.69, 9.17) is 0 Å². The van der Waals surface area contributed by atoms with Gasteiger partial charge in [-0.05, 0) is 23.7 Å². The van der Waals surface area contributed by atoms with Crippen molar-refractivity contribution in [1.82, 2.24) is 0 Å². The first-order valence-electron chi connectivity index (χ1n) is 4.26. The van der Waals surface area contributed by atoms with Gasteiger partial charge in [0.2, 0.25) is 0 Å². The smallest absolute Gasteiger partial charge is 0.0233 e. The average molecular weight is 217 g/mol. The predicted octanol–water partition coefficient (Wildman–Crippen LogP) is 3.62. The molecule has 11 heavy (non-hydrogen) atoms. The molecular weight excluding hydrogens is 200 g/mol. The minimum absolute atomic E-state index is 0.525. The molecule has 0 aliphatic heterocycles. The molecule has 1 rings (SSSR count). The van der Waals surface area contributed by atoms with Gasteiger partial charge in [-0.25, -0.2) is 0 Å². The minimum atomic E-state index is 0.525. The van der Waals surface area contributed by atoms with Gasteiger partial charge in [-0.15, -0.1) is 6.58 Å². The topological polar surface area (TPSA) is 0 Å². The summed E-state index contributed by atoms with van der Waals surface area (Å²) in [4.78, 5) is 0.734. The summed E-state index contributed by atoms with van der Waals surface area (Å²) in [5.41, 5.74) is 0.525. The summed E-state index contributed by atoms with van der Waals surface area (Å²) in [5.74, 6) is 1.53. The van der Waals surface area contributed by atoms with Crippen molar-refractivity contribution in [2.24, 2.45) is 17.3 Å². The van der Waals surface area contributed by atoms with E-state index < -0.39 is 0 Å². The number of halogens is 1. The monoisotopic (exact) mass is 216 g/mol. The number of alkyl halides is 1. The summed E-state index contributed by atoms with van der Waals surface area (Å²) in [6, 6.07) is 0. The maximum atomic E-state index is 3.80. The molecule has 0 saturated heterocycles. The zero-order valence-corrected chi connectivity index (χ0v) is 9.19. The second-order valence-corrected chi connectivity index (χ2v) is 5.26. The molecule has 0 spiro atoms. The average Bonchev–Trinajstić information content (AvgIpc) is 2.39. The maximum Gasteiger partial charge on any atom is 0.0233 e. The fraction of sp³-hybridized carbons (Fsp3) is 0.800. The van der Waals surface area contributed by atoms with Gasteiger partial charge in [-0.2, -0.15) is 0 Å². The number of hydrogen-bond acceptors (Lipinski definition) is 0. The maximum absolute atomic E-state index is 3.80. The Labute approximate surface area is 78.2 Å². The number of rotatable bonds is 3. The zero-order chi connectivity index (χ0) is 8.65. The molecule has 0 radical (unpaired) electrons. The highest BCUT2D eigenvalue weighted by molar-refractivity contribution is 9.09. The van der Waals surface area contributed by atoms with E-state index in [-0.39, 0.29) is 0 Å². The molecule has 0 amide bonds. The minimum Gasteiger partial charge on any atom is -0.103 e. The highest BCUT2D eigenvalue weighted by Gasteiger charge is 2.55. The third-order valence-electron chi connectivity index (χ3n) is 2.94. The lowest BCUT2D eigenvalue weighted by atomic mass is 10.00. The van der Waals surface area contributed by atoms with Crippen LogP contribution in [0.3, 0.4) is 0 Å². The van der Waals surface area contributed by atoms with Crippen LogP contribution in [0.25, 0.3) is 0 Å². The second-order valence-electron chi connectivity index (χ2n) is 4.28. The Bertz CT molecular complexity index is 160. The van der Waals surface area contributed by atoms with Crippen molar-refractivity contribution in [2.75, 3.05) is 0 Å². The van der Waals surface area contributed by atoms with Crippen molar-refractivity contribution in [3.8, 4) is 0 Å². The SMILES string of the molecule is C=CC(C)CC1C(Br)C1(C)C. The lowest BCUT2D eigenvalue weighted by Gasteiger charge is -2.05. The fourth-order valence-corrected chi connectivity index (χ4v) is 2.68. The van der Waals surface area contributed by atoms with E-state index in [1.807, 2.05) is 6.08 Å². The normalized spacial score (nSPS) is 36.4. The molecule has 0 bridgehead atoms. The quantitative estimate of drug-likeness (QED) is 0.500. The molecule has 0 aromatic carbocycles. The molecule has 0 heterocycles. The van der Waals surface area contributed by atoms with Gasteiger partial charge >= 0.3 is 0 Å². The van der Waals surface area contributed by atoms with Crippen LogP contribution in [0, 0.1) is 17.3 Å². The highest BCUT2D eigenvalue weighted by Crippen LogP contribution is 2.59. The molecule has 1 fully saturated rings. The van der Waals surface area contributed by atoms with Crippen molar-refractivity contribution >= 4 is 15.9 Å². The molecule has 0 aromatic rings. The van der Waals surface area contributed by atoms with Gasteiger partial charge in [0, 0.05) is 4.83 Å². The molecule has 0 aromatic heterocycles. The first-order chi connectivity index (χ1) is 5.00. The first-order valence-corrected chi connectivity index (χ1v) is 5.18. The Morgan fingerprint density at radius 2 is 2.09 bits per heavy atom. The molecule has 1 heteroatoms. The molecule has 3 atom stereocenters. The number of hydrogen-bond donors (Lipinski definition) is 0. The summed E-state index contributed by atoms with van der Waals surface area (Å²) in [6.07, 6.45) is 3.33. The van der Waals surface area contributed by atoms with E-state index >= 15 is 0 Å². The van der Waals surface area contributed by atoms with Crippen LogP contribution in [0.1, 0.15) is 27.2 Å². The molecule has 0 nitrogen and oxygen atoms in total. The summed E-state index contributed by atoms with van der Waals surface area (Å²) < 4.78 is 0. The summed E-state index contributed by atoms with van der Waals surface area (Å²) in [5, 5.41) is 0. The van der Waals surface area contributed by atoms with Crippen LogP contribution in [0.15, 0.2) is 12.7 Å². The van der Waals surface area contributed by atoms with Crippen LogP contribution >= 0.6 is 15.9 Å². The second kappa shape index (κ2) is 2.93. The van der Waals surface area contributed by atoms with Gasteiger partial charge in [0.15, 0.2) is 0 Å². The largest absolute Gasteiger partial charge is 0.103 e. The van der Waals surface area contributed by atoms with Crippen LogP contribution in [0.5, 0.6) is 0 Å². The predicted molar refractivity (Wildman–Crippen MR) is 54.0 cm³/mol. The Morgan fingerprint density at radius 3 is 2.36 bits per heavy atom. The molecule has 1 aliphatic carbocycles. The molecule has 64 valence electrons. The molecular formula is C10H17Br. The van der Waals surface area contributed by atoms with Gasteiger partial charge in [0.25, 0.3) is 0 Å². The van der Waals surface area contributed by atoms with Gasteiger partial charge in [-0.3, -0.25) is 0 Å². The van der Waals surface area contributed by atoms with Gasteiger partial charge in [-0.1, -0.05) is 42.8 Å². The van der Waals surface area contributed by atoms with E-state index in [1.165, 1.54) is 6.42 Å². The van der Waals surface area contributed by atoms with Gasteiger partial charge in [0.05, 0.1) is 0 Å². The summed E-state index contributed by atoms with van der Waals surface area (Å²) in [6.45, 7) is 10.7. The van der Waals surface area contributed by atoms with Crippen LogP contribution in [-0.2, 0) is 0 Å². The van der Waals surface area contributed by atoms with Crippen molar-refractivity contribution in [3.05, 3.63) is 12.7 Å². The molecule has 3 unspecified atom stereocenters. The summed E-state index contributed by atoms with van der Waals surface area (Å²) >= 11 is 3.69. The van der Waals surface area contributed by atoms with Crippen LogP contribution < -0.4 is 0 Å². The Morgan fingerprint density at radius 1 is 1.64 bits per heavy atom. The van der Waals surface area contributed by atoms with Gasteiger partial charge < -0.3 is 0 Å². The van der Waals surface area contributed by atoms with Crippen LogP contribution in [-0.4, -0.2) is 4.83 Å². The van der Waals surface area contributed by atoms with E-state index in [0.29, 0.717) is 11.3 Å². The Kier molecular flexibility index (Phi) is 2.48. The highest BCUT2D eigenvalue weighted by atomic mass is 79.9. The van der Waals surface area contributed by atoms with E-state index in [1.54, 1.807) is 0 Å². The molecule has 1 saturated carbocycles. The first kappa shape index (κ1) is 9.31. The van der Waals surface area contributed by atoms with Crippen molar-refractivity contribution in [2.45, 2.75) is 32.0 Å². The van der Waals surface area contributed by atoms with E-state index in [0.717, 1.165) is 10.7 Å². The van der Waals surface area contributed by atoms with E-state index in [2.05, 4.69) is 43.3 Å². The third-order valence-corrected chi connectivity index (χ3v) is 4.76. The van der Waals surface area contributed by atoms with E-state index in [9.17, 15) is 0 Å². The molecule has 0 N–H and O–H groups in total. The molecule has 1 aliphatic rings. The van der Waals surface area contributed by atoms with Gasteiger partial charge in [0.1, 0.15) is 0 Å².